The highest BCUT2D eigenvalue weighted by atomic mass is 35.5. The summed E-state index contributed by atoms with van der Waals surface area (Å²) in [6.45, 7) is 5.42. The average molecular weight is 479 g/mol. The molecule has 1 aliphatic rings. The molecule has 2 aromatic carbocycles. The van der Waals surface area contributed by atoms with Gasteiger partial charge in [-0.2, -0.15) is 0 Å². The summed E-state index contributed by atoms with van der Waals surface area (Å²) >= 11 is 8.03. The second kappa shape index (κ2) is 9.47. The van der Waals surface area contributed by atoms with E-state index in [1.54, 1.807) is 24.3 Å². The number of aryl methyl sites for hydroxylation is 1. The van der Waals surface area contributed by atoms with Gasteiger partial charge in [-0.15, -0.1) is 11.3 Å². The van der Waals surface area contributed by atoms with Gasteiger partial charge in [0.05, 0.1) is 17.3 Å². The molecular formula is C25H23ClN4O2S. The van der Waals surface area contributed by atoms with Crippen molar-refractivity contribution >= 4 is 28.8 Å². The van der Waals surface area contributed by atoms with Crippen LogP contribution in [0.25, 0.3) is 22.5 Å². The van der Waals surface area contributed by atoms with Crippen LogP contribution in [0.2, 0.25) is 5.02 Å². The standard InChI is InChI=1S/C25H23ClN4O2S/c1-17-23(24(28-32-17)19-9-5-6-10-20(19)26)25(31)30-13-11-29(12-14-30)15-22-27-21(16-33-22)18-7-3-2-4-8-18/h2-10,16H,11-15H2,1H3. The first-order chi connectivity index (χ1) is 16.1. The monoisotopic (exact) mass is 478 g/mol. The Balaban J connectivity index is 1.24. The van der Waals surface area contributed by atoms with E-state index in [4.69, 9.17) is 21.1 Å². The van der Waals surface area contributed by atoms with E-state index in [0.717, 1.165) is 35.9 Å². The molecule has 0 atom stereocenters. The number of benzene rings is 2. The van der Waals surface area contributed by atoms with E-state index >= 15 is 0 Å². The Labute approximate surface area is 201 Å². The highest BCUT2D eigenvalue weighted by molar-refractivity contribution is 7.09. The van der Waals surface area contributed by atoms with Crippen LogP contribution in [-0.2, 0) is 6.54 Å². The minimum atomic E-state index is -0.0658. The molecule has 0 bridgehead atoms. The third-order valence-corrected chi connectivity index (χ3v) is 7.01. The van der Waals surface area contributed by atoms with E-state index in [2.05, 4.69) is 27.6 Å². The zero-order chi connectivity index (χ0) is 22.8. The van der Waals surface area contributed by atoms with Crippen molar-refractivity contribution in [2.24, 2.45) is 0 Å². The van der Waals surface area contributed by atoms with Crippen LogP contribution in [0.4, 0.5) is 0 Å². The molecule has 0 unspecified atom stereocenters. The molecule has 33 heavy (non-hydrogen) atoms. The Morgan fingerprint density at radius 2 is 1.79 bits per heavy atom. The van der Waals surface area contributed by atoms with Gasteiger partial charge in [0.1, 0.15) is 22.0 Å². The lowest BCUT2D eigenvalue weighted by Gasteiger charge is -2.34. The van der Waals surface area contributed by atoms with Crippen LogP contribution in [0, 0.1) is 6.92 Å². The molecule has 2 aromatic heterocycles. The number of halogens is 1. The number of carbonyl (C=O) groups is 1. The maximum absolute atomic E-state index is 13.4. The third-order valence-electron chi connectivity index (χ3n) is 5.85. The van der Waals surface area contributed by atoms with Gasteiger partial charge in [0.2, 0.25) is 0 Å². The molecule has 0 saturated carbocycles. The Hall–Kier alpha value is -3.00. The molecule has 0 spiro atoms. The van der Waals surface area contributed by atoms with Crippen molar-refractivity contribution in [1.29, 1.82) is 0 Å². The second-order valence-corrected chi connectivity index (χ2v) is 9.35. The zero-order valence-electron chi connectivity index (χ0n) is 18.2. The van der Waals surface area contributed by atoms with Gasteiger partial charge in [0.15, 0.2) is 0 Å². The molecule has 5 rings (SSSR count). The number of piperazine rings is 1. The van der Waals surface area contributed by atoms with E-state index in [-0.39, 0.29) is 5.91 Å². The van der Waals surface area contributed by atoms with Gasteiger partial charge in [-0.05, 0) is 13.0 Å². The van der Waals surface area contributed by atoms with Crippen molar-refractivity contribution < 1.29 is 9.32 Å². The van der Waals surface area contributed by atoms with Crippen molar-refractivity contribution in [3.8, 4) is 22.5 Å². The van der Waals surface area contributed by atoms with Crippen LogP contribution in [0.3, 0.4) is 0 Å². The Morgan fingerprint density at radius 3 is 2.55 bits per heavy atom. The third kappa shape index (κ3) is 4.57. The van der Waals surface area contributed by atoms with Gasteiger partial charge in [-0.25, -0.2) is 4.98 Å². The van der Waals surface area contributed by atoms with Gasteiger partial charge in [0, 0.05) is 42.7 Å². The van der Waals surface area contributed by atoms with Gasteiger partial charge in [-0.3, -0.25) is 9.69 Å². The number of thiazole rings is 1. The average Bonchev–Trinajstić information content (AvgIpc) is 3.47. The van der Waals surface area contributed by atoms with Crippen molar-refractivity contribution in [3.05, 3.63) is 81.3 Å². The number of rotatable bonds is 5. The summed E-state index contributed by atoms with van der Waals surface area (Å²) in [5, 5.41) is 7.88. The smallest absolute Gasteiger partial charge is 0.259 e. The predicted octanol–water partition coefficient (Wildman–Crippen LogP) is 5.38. The molecule has 1 aliphatic heterocycles. The summed E-state index contributed by atoms with van der Waals surface area (Å²) < 4.78 is 5.38. The zero-order valence-corrected chi connectivity index (χ0v) is 19.8. The molecule has 168 valence electrons. The fourth-order valence-corrected chi connectivity index (χ4v) is 5.11. The van der Waals surface area contributed by atoms with Crippen molar-refractivity contribution in [1.82, 2.24) is 19.9 Å². The molecular weight excluding hydrogens is 456 g/mol. The maximum Gasteiger partial charge on any atom is 0.259 e. The Morgan fingerprint density at radius 1 is 1.06 bits per heavy atom. The Kier molecular flexibility index (Phi) is 6.26. The molecule has 0 aliphatic carbocycles. The Bertz CT molecular complexity index is 1260. The lowest BCUT2D eigenvalue weighted by Crippen LogP contribution is -2.48. The summed E-state index contributed by atoms with van der Waals surface area (Å²) in [5.41, 5.74) is 3.84. The molecule has 6 nitrogen and oxygen atoms in total. The summed E-state index contributed by atoms with van der Waals surface area (Å²) in [7, 11) is 0. The minimum absolute atomic E-state index is 0.0658. The van der Waals surface area contributed by atoms with Crippen molar-refractivity contribution in [2.45, 2.75) is 13.5 Å². The van der Waals surface area contributed by atoms with E-state index < -0.39 is 0 Å². The van der Waals surface area contributed by atoms with Gasteiger partial charge < -0.3 is 9.42 Å². The molecule has 8 heteroatoms. The molecule has 0 N–H and O–H groups in total. The highest BCUT2D eigenvalue weighted by Crippen LogP contribution is 2.32. The predicted molar refractivity (Wildman–Crippen MR) is 130 cm³/mol. The highest BCUT2D eigenvalue weighted by Gasteiger charge is 2.29. The van der Waals surface area contributed by atoms with E-state index in [1.807, 2.05) is 41.3 Å². The van der Waals surface area contributed by atoms with Crippen molar-refractivity contribution in [2.75, 3.05) is 26.2 Å². The summed E-state index contributed by atoms with van der Waals surface area (Å²) in [5.74, 6) is 0.442. The van der Waals surface area contributed by atoms with Gasteiger partial charge in [-0.1, -0.05) is 65.3 Å². The fourth-order valence-electron chi connectivity index (χ4n) is 4.04. The second-order valence-electron chi connectivity index (χ2n) is 8.00. The summed E-state index contributed by atoms with van der Waals surface area (Å²) in [4.78, 5) is 22.4. The number of carbonyl (C=O) groups excluding carboxylic acids is 1. The quantitative estimate of drug-likeness (QED) is 0.385. The number of hydrogen-bond donors (Lipinski definition) is 0. The molecule has 3 heterocycles. The van der Waals surface area contributed by atoms with E-state index in [0.29, 0.717) is 40.7 Å². The number of aromatic nitrogens is 2. The number of amides is 1. The first-order valence-corrected chi connectivity index (χ1v) is 12.1. The molecule has 4 aromatic rings. The van der Waals surface area contributed by atoms with E-state index in [1.165, 1.54) is 0 Å². The SMILES string of the molecule is Cc1onc(-c2ccccc2Cl)c1C(=O)N1CCN(Cc2nc(-c3ccccc3)cs2)CC1. The van der Waals surface area contributed by atoms with Crippen LogP contribution in [0.5, 0.6) is 0 Å². The molecule has 1 saturated heterocycles. The number of hydrogen-bond acceptors (Lipinski definition) is 6. The molecule has 1 amide bonds. The van der Waals surface area contributed by atoms with Gasteiger partial charge in [0.25, 0.3) is 5.91 Å². The number of nitrogens with zero attached hydrogens (tertiary/aromatic N) is 4. The van der Waals surface area contributed by atoms with E-state index in [9.17, 15) is 4.79 Å². The first kappa shape index (κ1) is 21.8. The normalized spacial score (nSPS) is 14.5. The lowest BCUT2D eigenvalue weighted by atomic mass is 10.0. The van der Waals surface area contributed by atoms with Gasteiger partial charge >= 0.3 is 0 Å². The summed E-state index contributed by atoms with van der Waals surface area (Å²) in [6.07, 6.45) is 0. The minimum Gasteiger partial charge on any atom is -0.360 e. The van der Waals surface area contributed by atoms with Crippen LogP contribution in [0.1, 0.15) is 21.1 Å². The summed E-state index contributed by atoms with van der Waals surface area (Å²) in [6, 6.07) is 17.6. The van der Waals surface area contributed by atoms with Crippen LogP contribution in [-0.4, -0.2) is 52.0 Å². The topological polar surface area (TPSA) is 62.5 Å². The lowest BCUT2D eigenvalue weighted by molar-refractivity contribution is 0.0627. The molecule has 0 radical (unpaired) electrons. The maximum atomic E-state index is 13.4. The molecule has 1 fully saturated rings. The first-order valence-electron chi connectivity index (χ1n) is 10.8. The largest absolute Gasteiger partial charge is 0.360 e. The van der Waals surface area contributed by atoms with Crippen LogP contribution in [0.15, 0.2) is 64.5 Å². The van der Waals surface area contributed by atoms with Crippen LogP contribution < -0.4 is 0 Å². The fraction of sp³-hybridized carbons (Fsp3) is 0.240. The van der Waals surface area contributed by atoms with Crippen molar-refractivity contribution in [3.63, 3.8) is 0 Å². The van der Waals surface area contributed by atoms with Crippen LogP contribution >= 0.6 is 22.9 Å².